The fraction of sp³-hybridized carbons (Fsp3) is 0.417. The van der Waals surface area contributed by atoms with E-state index in [9.17, 15) is 20.1 Å². The Bertz CT molecular complexity index is 395. The van der Waals surface area contributed by atoms with Gasteiger partial charge in [0.25, 0.3) is 5.91 Å². The lowest BCUT2D eigenvalue weighted by molar-refractivity contribution is -0.166. The lowest BCUT2D eigenvalue weighted by Crippen LogP contribution is -2.58. The van der Waals surface area contributed by atoms with E-state index in [1.165, 1.54) is 4.90 Å². The van der Waals surface area contributed by atoms with Crippen LogP contribution in [-0.2, 0) is 11.3 Å². The average molecular weight is 237 g/mol. The Hall–Kier alpha value is -1.43. The van der Waals surface area contributed by atoms with Gasteiger partial charge in [0.15, 0.2) is 6.10 Å². The average Bonchev–Trinajstić information content (AvgIpc) is 2.35. The Balaban J connectivity index is 2.09. The first-order valence-corrected chi connectivity index (χ1v) is 5.46. The molecule has 1 fully saturated rings. The van der Waals surface area contributed by atoms with Crippen LogP contribution in [0.25, 0.3) is 0 Å². The maximum Gasteiger partial charge on any atom is 0.254 e. The summed E-state index contributed by atoms with van der Waals surface area (Å²) in [5.41, 5.74) is 0.914. The molecule has 0 aliphatic carbocycles. The lowest BCUT2D eigenvalue weighted by Gasteiger charge is -2.36. The van der Waals surface area contributed by atoms with Crippen LogP contribution in [0.2, 0.25) is 0 Å². The van der Waals surface area contributed by atoms with Gasteiger partial charge in [0, 0.05) is 13.1 Å². The zero-order chi connectivity index (χ0) is 12.4. The van der Waals surface area contributed by atoms with Crippen molar-refractivity contribution in [3.63, 3.8) is 0 Å². The molecule has 2 rings (SSSR count). The standard InChI is InChI=1S/C12H15NO4/c14-9-7-13(12(17)11(16)10(9)15)6-8-4-2-1-3-5-8/h1-5,9-11,14-16H,6-7H2/t9-,10+,11-/m0/s1. The van der Waals surface area contributed by atoms with Crippen LogP contribution in [0, 0.1) is 0 Å². The molecule has 0 radical (unpaired) electrons. The molecule has 0 spiro atoms. The lowest BCUT2D eigenvalue weighted by atomic mass is 10.0. The predicted molar refractivity (Wildman–Crippen MR) is 59.9 cm³/mol. The molecule has 1 aliphatic rings. The molecular weight excluding hydrogens is 222 g/mol. The summed E-state index contributed by atoms with van der Waals surface area (Å²) in [6, 6.07) is 9.29. The van der Waals surface area contributed by atoms with E-state index in [1.54, 1.807) is 0 Å². The van der Waals surface area contributed by atoms with Crippen molar-refractivity contribution in [1.82, 2.24) is 4.90 Å². The zero-order valence-corrected chi connectivity index (χ0v) is 9.23. The van der Waals surface area contributed by atoms with Gasteiger partial charge in [0.1, 0.15) is 12.2 Å². The second-order valence-corrected chi connectivity index (χ2v) is 4.21. The molecule has 1 amide bonds. The molecule has 5 heteroatoms. The highest BCUT2D eigenvalue weighted by atomic mass is 16.4. The second kappa shape index (κ2) is 4.83. The molecule has 0 unspecified atom stereocenters. The van der Waals surface area contributed by atoms with Gasteiger partial charge in [0.2, 0.25) is 0 Å². The minimum Gasteiger partial charge on any atom is -0.388 e. The van der Waals surface area contributed by atoms with Crippen molar-refractivity contribution >= 4 is 5.91 Å². The number of amides is 1. The van der Waals surface area contributed by atoms with Gasteiger partial charge in [-0.2, -0.15) is 0 Å². The first kappa shape index (κ1) is 12.0. The van der Waals surface area contributed by atoms with Gasteiger partial charge >= 0.3 is 0 Å². The highest BCUT2D eigenvalue weighted by Gasteiger charge is 2.39. The van der Waals surface area contributed by atoms with Gasteiger partial charge in [-0.25, -0.2) is 0 Å². The summed E-state index contributed by atoms with van der Waals surface area (Å²) in [5.74, 6) is -0.549. The van der Waals surface area contributed by atoms with Crippen LogP contribution < -0.4 is 0 Å². The summed E-state index contributed by atoms with van der Waals surface area (Å²) < 4.78 is 0. The molecule has 3 N–H and O–H groups in total. The number of benzene rings is 1. The van der Waals surface area contributed by atoms with Crippen molar-refractivity contribution in [3.05, 3.63) is 35.9 Å². The van der Waals surface area contributed by atoms with E-state index in [1.807, 2.05) is 30.3 Å². The number of carbonyl (C=O) groups is 1. The first-order chi connectivity index (χ1) is 8.09. The molecule has 1 aliphatic heterocycles. The third-order valence-corrected chi connectivity index (χ3v) is 2.91. The van der Waals surface area contributed by atoms with Crippen molar-refractivity contribution in [2.45, 2.75) is 24.9 Å². The van der Waals surface area contributed by atoms with E-state index in [0.29, 0.717) is 6.54 Å². The van der Waals surface area contributed by atoms with Gasteiger partial charge in [-0.15, -0.1) is 0 Å². The number of hydrogen-bond acceptors (Lipinski definition) is 4. The molecular formula is C12H15NO4. The van der Waals surface area contributed by atoms with Gasteiger partial charge in [0.05, 0.1) is 0 Å². The van der Waals surface area contributed by atoms with Crippen LogP contribution in [0.3, 0.4) is 0 Å². The highest BCUT2D eigenvalue weighted by molar-refractivity contribution is 5.82. The molecule has 1 aromatic carbocycles. The number of aliphatic hydroxyl groups is 3. The molecule has 0 bridgehead atoms. The van der Waals surface area contributed by atoms with Crippen molar-refractivity contribution in [1.29, 1.82) is 0 Å². The van der Waals surface area contributed by atoms with E-state index < -0.39 is 24.2 Å². The summed E-state index contributed by atoms with van der Waals surface area (Å²) >= 11 is 0. The number of aliphatic hydroxyl groups excluding tert-OH is 3. The minimum atomic E-state index is -1.54. The number of rotatable bonds is 2. The van der Waals surface area contributed by atoms with Crippen LogP contribution in [0.15, 0.2) is 30.3 Å². The Labute approximate surface area is 98.9 Å². The molecule has 1 saturated heterocycles. The van der Waals surface area contributed by atoms with Crippen LogP contribution in [0.4, 0.5) is 0 Å². The number of β-amino-alcohol motifs (C(OH)–C–C–N with tert-alkyl or cyclic N) is 1. The molecule has 5 nitrogen and oxygen atoms in total. The summed E-state index contributed by atoms with van der Waals surface area (Å²) in [6.45, 7) is 0.354. The Morgan fingerprint density at radius 1 is 1.18 bits per heavy atom. The summed E-state index contributed by atoms with van der Waals surface area (Å²) in [4.78, 5) is 13.0. The van der Waals surface area contributed by atoms with Crippen molar-refractivity contribution in [2.24, 2.45) is 0 Å². The van der Waals surface area contributed by atoms with E-state index in [2.05, 4.69) is 0 Å². The SMILES string of the molecule is O=C1[C@@H](O)[C@H](O)[C@@H](O)CN1Cc1ccccc1. The second-order valence-electron chi connectivity index (χ2n) is 4.21. The van der Waals surface area contributed by atoms with Gasteiger partial charge in [-0.1, -0.05) is 30.3 Å². The zero-order valence-electron chi connectivity index (χ0n) is 9.23. The third-order valence-electron chi connectivity index (χ3n) is 2.91. The number of likely N-dealkylation sites (tertiary alicyclic amines) is 1. The Morgan fingerprint density at radius 3 is 2.47 bits per heavy atom. The molecule has 1 aromatic rings. The van der Waals surface area contributed by atoms with Crippen LogP contribution >= 0.6 is 0 Å². The highest BCUT2D eigenvalue weighted by Crippen LogP contribution is 2.16. The topological polar surface area (TPSA) is 81.0 Å². The number of carbonyl (C=O) groups excluding carboxylic acids is 1. The quantitative estimate of drug-likeness (QED) is 0.623. The van der Waals surface area contributed by atoms with Crippen molar-refractivity contribution < 1.29 is 20.1 Å². The predicted octanol–water partition coefficient (Wildman–Crippen LogP) is -0.889. The molecule has 92 valence electrons. The van der Waals surface area contributed by atoms with E-state index in [0.717, 1.165) is 5.56 Å². The summed E-state index contributed by atoms with van der Waals surface area (Å²) in [6.07, 6.45) is -4.04. The molecule has 0 aromatic heterocycles. The Morgan fingerprint density at radius 2 is 1.82 bits per heavy atom. The van der Waals surface area contributed by atoms with Crippen LogP contribution in [0.5, 0.6) is 0 Å². The molecule has 3 atom stereocenters. The largest absolute Gasteiger partial charge is 0.388 e. The maximum absolute atomic E-state index is 11.7. The fourth-order valence-corrected chi connectivity index (χ4v) is 1.91. The summed E-state index contributed by atoms with van der Waals surface area (Å²) in [7, 11) is 0. The molecule has 17 heavy (non-hydrogen) atoms. The fourth-order valence-electron chi connectivity index (χ4n) is 1.91. The number of hydrogen-bond donors (Lipinski definition) is 3. The van der Waals surface area contributed by atoms with Crippen LogP contribution in [0.1, 0.15) is 5.56 Å². The minimum absolute atomic E-state index is 0.0337. The smallest absolute Gasteiger partial charge is 0.254 e. The van der Waals surface area contributed by atoms with E-state index >= 15 is 0 Å². The molecule has 1 heterocycles. The molecule has 0 saturated carbocycles. The van der Waals surface area contributed by atoms with Gasteiger partial charge in [-0.3, -0.25) is 4.79 Å². The van der Waals surface area contributed by atoms with Crippen LogP contribution in [-0.4, -0.2) is 51.0 Å². The monoisotopic (exact) mass is 237 g/mol. The number of piperidine rings is 1. The van der Waals surface area contributed by atoms with E-state index in [-0.39, 0.29) is 6.54 Å². The summed E-state index contributed by atoms with van der Waals surface area (Å²) in [5, 5.41) is 28.3. The third kappa shape index (κ3) is 2.46. The normalized spacial score (nSPS) is 29.5. The Kier molecular flexibility index (Phi) is 3.42. The first-order valence-electron chi connectivity index (χ1n) is 5.46. The van der Waals surface area contributed by atoms with Crippen molar-refractivity contribution in [3.8, 4) is 0 Å². The van der Waals surface area contributed by atoms with Gasteiger partial charge in [-0.05, 0) is 5.56 Å². The van der Waals surface area contributed by atoms with Gasteiger partial charge < -0.3 is 20.2 Å². The number of nitrogens with zero attached hydrogens (tertiary/aromatic N) is 1. The van der Waals surface area contributed by atoms with E-state index in [4.69, 9.17) is 0 Å². The maximum atomic E-state index is 11.7. The van der Waals surface area contributed by atoms with Crippen molar-refractivity contribution in [2.75, 3.05) is 6.54 Å².